The van der Waals surface area contributed by atoms with Crippen LogP contribution >= 0.6 is 0 Å². The van der Waals surface area contributed by atoms with E-state index in [4.69, 9.17) is 4.98 Å². The molecule has 1 aliphatic rings. The van der Waals surface area contributed by atoms with Crippen molar-refractivity contribution in [1.82, 2.24) is 9.38 Å². The number of imidazole rings is 1. The van der Waals surface area contributed by atoms with E-state index in [9.17, 15) is 0 Å². The van der Waals surface area contributed by atoms with Gasteiger partial charge in [-0.2, -0.15) is 0 Å². The Morgan fingerprint density at radius 1 is 0.885 bits per heavy atom. The Hall–Kier alpha value is -2.49. The fourth-order valence-electron chi connectivity index (χ4n) is 4.64. The van der Waals surface area contributed by atoms with E-state index < -0.39 is 16.8 Å². The van der Waals surface area contributed by atoms with Crippen LogP contribution in [-0.2, 0) is 10.8 Å². The minimum Gasteiger partial charge on any atom is -0.299 e. The van der Waals surface area contributed by atoms with Gasteiger partial charge in [-0.1, -0.05) is 24.3 Å². The van der Waals surface area contributed by atoms with Crippen LogP contribution in [0.25, 0.3) is 27.5 Å². The molecular formula is C22H20F2N2. The van der Waals surface area contributed by atoms with Gasteiger partial charge in [0.15, 0.2) is 0 Å². The summed E-state index contributed by atoms with van der Waals surface area (Å²) in [5.74, 6) is -2.83. The summed E-state index contributed by atoms with van der Waals surface area (Å²) in [6.45, 7) is 6.56. The number of nitrogens with zero attached hydrogens (tertiary/aromatic N) is 2. The van der Waals surface area contributed by atoms with Crippen LogP contribution in [0.3, 0.4) is 0 Å². The minimum atomic E-state index is -2.83. The molecule has 0 radical (unpaired) electrons. The third-order valence-corrected chi connectivity index (χ3v) is 6.35. The summed E-state index contributed by atoms with van der Waals surface area (Å²) in [4.78, 5) is 4.80. The maximum absolute atomic E-state index is 15.1. The number of alkyl halides is 2. The second-order valence-corrected chi connectivity index (χ2v) is 8.42. The third-order valence-electron chi connectivity index (χ3n) is 6.35. The number of hydrogen-bond donors (Lipinski definition) is 0. The number of halogens is 2. The maximum atomic E-state index is 15.1. The molecule has 132 valence electrons. The molecule has 2 heterocycles. The van der Waals surface area contributed by atoms with E-state index in [0.717, 1.165) is 33.0 Å². The monoisotopic (exact) mass is 350 g/mol. The fraction of sp³-hybridized carbons (Fsp3) is 0.318. The number of fused-ring (bicyclic) bond motifs is 6. The van der Waals surface area contributed by atoms with Gasteiger partial charge in [-0.25, -0.2) is 13.8 Å². The van der Waals surface area contributed by atoms with Gasteiger partial charge < -0.3 is 0 Å². The van der Waals surface area contributed by atoms with Gasteiger partial charge in [0.05, 0.1) is 21.9 Å². The second kappa shape index (κ2) is 4.43. The fourth-order valence-corrected chi connectivity index (χ4v) is 4.64. The van der Waals surface area contributed by atoms with Gasteiger partial charge in [0.25, 0.3) is 5.92 Å². The predicted octanol–water partition coefficient (Wildman–Crippen LogP) is 5.84. The Kier molecular flexibility index (Phi) is 2.68. The highest BCUT2D eigenvalue weighted by Crippen LogP contribution is 2.59. The smallest absolute Gasteiger partial charge is 0.266 e. The van der Waals surface area contributed by atoms with Gasteiger partial charge >= 0.3 is 0 Å². The summed E-state index contributed by atoms with van der Waals surface area (Å²) in [7, 11) is 0. The van der Waals surface area contributed by atoms with Crippen LogP contribution < -0.4 is 0 Å². The normalized spacial score (nSPS) is 20.1. The Bertz CT molecular complexity index is 1220. The first-order valence-electron chi connectivity index (χ1n) is 8.88. The lowest BCUT2D eigenvalue weighted by Gasteiger charge is -2.35. The van der Waals surface area contributed by atoms with Gasteiger partial charge in [0.2, 0.25) is 0 Å². The van der Waals surface area contributed by atoms with E-state index in [1.807, 2.05) is 47.0 Å². The summed E-state index contributed by atoms with van der Waals surface area (Å²) < 4.78 is 32.3. The molecule has 0 aliphatic heterocycles. The van der Waals surface area contributed by atoms with E-state index in [1.54, 1.807) is 27.7 Å². The number of benzene rings is 2. The van der Waals surface area contributed by atoms with Crippen molar-refractivity contribution in [1.29, 1.82) is 0 Å². The SMILES string of the molecule is CC1(C)c2cc3nc4c5ccccc5ccn4c3cc2C(C)(C)C1(F)F. The Morgan fingerprint density at radius 3 is 2.27 bits per heavy atom. The molecule has 0 spiro atoms. The molecule has 0 saturated heterocycles. The van der Waals surface area contributed by atoms with Crippen LogP contribution in [0.15, 0.2) is 48.7 Å². The van der Waals surface area contributed by atoms with Crippen LogP contribution in [0, 0.1) is 0 Å². The highest BCUT2D eigenvalue weighted by Gasteiger charge is 2.65. The molecule has 2 aromatic heterocycles. The first-order chi connectivity index (χ1) is 12.2. The molecule has 1 aliphatic carbocycles. The zero-order valence-corrected chi connectivity index (χ0v) is 15.3. The third kappa shape index (κ3) is 1.59. The quantitative estimate of drug-likeness (QED) is 0.389. The van der Waals surface area contributed by atoms with Gasteiger partial charge in [-0.3, -0.25) is 4.40 Å². The molecule has 4 aromatic rings. The van der Waals surface area contributed by atoms with E-state index in [1.165, 1.54) is 0 Å². The molecule has 0 unspecified atom stereocenters. The zero-order chi connectivity index (χ0) is 18.5. The molecule has 0 amide bonds. The van der Waals surface area contributed by atoms with E-state index in [0.29, 0.717) is 5.56 Å². The van der Waals surface area contributed by atoms with E-state index in [2.05, 4.69) is 6.07 Å². The van der Waals surface area contributed by atoms with Gasteiger partial charge in [0, 0.05) is 11.6 Å². The molecule has 0 N–H and O–H groups in total. The summed E-state index contributed by atoms with van der Waals surface area (Å²) in [6.07, 6.45) is 1.98. The molecule has 2 nitrogen and oxygen atoms in total. The molecule has 0 fully saturated rings. The molecule has 0 atom stereocenters. The first-order valence-corrected chi connectivity index (χ1v) is 8.88. The zero-order valence-electron chi connectivity index (χ0n) is 15.3. The molecule has 5 rings (SSSR count). The van der Waals surface area contributed by atoms with Gasteiger partial charge in [-0.15, -0.1) is 0 Å². The molecule has 4 heteroatoms. The predicted molar refractivity (Wildman–Crippen MR) is 101 cm³/mol. The molecule has 0 saturated carbocycles. The number of hydrogen-bond acceptors (Lipinski definition) is 1. The number of pyridine rings is 1. The lowest BCUT2D eigenvalue weighted by molar-refractivity contribution is -0.105. The van der Waals surface area contributed by atoms with Crippen molar-refractivity contribution in [2.24, 2.45) is 0 Å². The Balaban J connectivity index is 1.93. The Morgan fingerprint density at radius 2 is 1.54 bits per heavy atom. The van der Waals surface area contributed by atoms with Crippen LogP contribution in [0.5, 0.6) is 0 Å². The van der Waals surface area contributed by atoms with Crippen molar-refractivity contribution in [3.8, 4) is 0 Å². The summed E-state index contributed by atoms with van der Waals surface area (Å²) in [5, 5.41) is 2.19. The highest BCUT2D eigenvalue weighted by molar-refractivity contribution is 5.98. The molecule has 2 aromatic carbocycles. The lowest BCUT2D eigenvalue weighted by atomic mass is 9.77. The van der Waals surface area contributed by atoms with Crippen molar-refractivity contribution in [3.63, 3.8) is 0 Å². The van der Waals surface area contributed by atoms with Crippen LogP contribution in [0.2, 0.25) is 0 Å². The topological polar surface area (TPSA) is 17.3 Å². The van der Waals surface area contributed by atoms with Gasteiger partial charge in [-0.05, 0) is 62.4 Å². The molecule has 0 bridgehead atoms. The van der Waals surface area contributed by atoms with Gasteiger partial charge in [0.1, 0.15) is 5.65 Å². The van der Waals surface area contributed by atoms with Crippen LogP contribution in [0.1, 0.15) is 38.8 Å². The van der Waals surface area contributed by atoms with Crippen molar-refractivity contribution in [2.45, 2.75) is 44.4 Å². The molecule has 26 heavy (non-hydrogen) atoms. The van der Waals surface area contributed by atoms with E-state index >= 15 is 8.78 Å². The first kappa shape index (κ1) is 15.7. The summed E-state index contributed by atoms with van der Waals surface area (Å²) >= 11 is 0. The summed E-state index contributed by atoms with van der Waals surface area (Å²) in [6, 6.07) is 13.9. The van der Waals surface area contributed by atoms with E-state index in [-0.39, 0.29) is 0 Å². The standard InChI is InChI=1S/C22H20F2N2/c1-20(2)15-11-17-18(12-16(15)21(3,4)22(20,23)24)26-10-9-13-7-5-6-8-14(13)19(26)25-17/h5-12H,1-4H3. The molecular weight excluding hydrogens is 330 g/mol. The average molecular weight is 350 g/mol. The number of rotatable bonds is 0. The number of aromatic nitrogens is 2. The highest BCUT2D eigenvalue weighted by atomic mass is 19.3. The largest absolute Gasteiger partial charge is 0.299 e. The Labute approximate surface area is 150 Å². The average Bonchev–Trinajstić information content (AvgIpc) is 3.02. The van der Waals surface area contributed by atoms with Crippen LogP contribution in [-0.4, -0.2) is 15.3 Å². The van der Waals surface area contributed by atoms with Crippen molar-refractivity contribution in [2.75, 3.05) is 0 Å². The minimum absolute atomic E-state index is 0.702. The van der Waals surface area contributed by atoms with Crippen molar-refractivity contribution >= 4 is 27.5 Å². The summed E-state index contributed by atoms with van der Waals surface area (Å²) in [5.41, 5.74) is 1.48. The second-order valence-electron chi connectivity index (χ2n) is 8.42. The van der Waals surface area contributed by atoms with Crippen molar-refractivity contribution < 1.29 is 8.78 Å². The lowest BCUT2D eigenvalue weighted by Crippen LogP contribution is -2.46. The maximum Gasteiger partial charge on any atom is 0.266 e. The van der Waals surface area contributed by atoms with Crippen LogP contribution in [0.4, 0.5) is 8.78 Å². The van der Waals surface area contributed by atoms with Crippen molar-refractivity contribution in [3.05, 3.63) is 59.8 Å².